The summed E-state index contributed by atoms with van der Waals surface area (Å²) in [6.07, 6.45) is 0.702. The Morgan fingerprint density at radius 1 is 0.962 bits per heavy atom. The molecule has 2 aromatic rings. The van der Waals surface area contributed by atoms with Crippen LogP contribution in [0.3, 0.4) is 0 Å². The van der Waals surface area contributed by atoms with Crippen LogP contribution in [0.2, 0.25) is 0 Å². The van der Waals surface area contributed by atoms with Crippen molar-refractivity contribution >= 4 is 23.3 Å². The molecule has 0 saturated carbocycles. The standard InChI is InChI=1S/C20H25N3O3/c1-14-7-4-8-15(2)19(14)26-12-6-11-21-20(25)23-18-10-5-9-17(13-18)22-16(3)24/h4-5,7-10,13H,6,11-12H2,1-3H3,(H,22,24)(H2,21,23,25). The molecular weight excluding hydrogens is 330 g/mol. The predicted octanol–water partition coefficient (Wildman–Crippen LogP) is 3.85. The largest absolute Gasteiger partial charge is 0.493 e. The third-order valence-electron chi connectivity index (χ3n) is 3.70. The first-order valence-electron chi connectivity index (χ1n) is 8.57. The average Bonchev–Trinajstić information content (AvgIpc) is 2.56. The van der Waals surface area contributed by atoms with Crippen LogP contribution < -0.4 is 20.7 Å². The van der Waals surface area contributed by atoms with Gasteiger partial charge in [-0.1, -0.05) is 24.3 Å². The lowest BCUT2D eigenvalue weighted by molar-refractivity contribution is -0.114. The van der Waals surface area contributed by atoms with Crippen molar-refractivity contribution in [3.05, 3.63) is 53.6 Å². The summed E-state index contributed by atoms with van der Waals surface area (Å²) in [6, 6.07) is 12.7. The van der Waals surface area contributed by atoms with E-state index in [9.17, 15) is 9.59 Å². The maximum atomic E-state index is 11.9. The van der Waals surface area contributed by atoms with Crippen LogP contribution in [0.1, 0.15) is 24.5 Å². The molecule has 2 rings (SSSR count). The number of carbonyl (C=O) groups is 2. The molecule has 0 saturated heterocycles. The van der Waals surface area contributed by atoms with Crippen molar-refractivity contribution in [2.75, 3.05) is 23.8 Å². The lowest BCUT2D eigenvalue weighted by Crippen LogP contribution is -2.30. The highest BCUT2D eigenvalue weighted by Crippen LogP contribution is 2.22. The number of aryl methyl sites for hydroxylation is 2. The minimum atomic E-state index is -0.294. The van der Waals surface area contributed by atoms with E-state index in [1.54, 1.807) is 24.3 Å². The van der Waals surface area contributed by atoms with E-state index in [0.29, 0.717) is 30.9 Å². The van der Waals surface area contributed by atoms with Crippen molar-refractivity contribution < 1.29 is 14.3 Å². The van der Waals surface area contributed by atoms with Crippen LogP contribution in [-0.4, -0.2) is 25.1 Å². The number of carbonyl (C=O) groups excluding carboxylic acids is 2. The molecule has 6 nitrogen and oxygen atoms in total. The molecule has 0 radical (unpaired) electrons. The van der Waals surface area contributed by atoms with Crippen molar-refractivity contribution in [2.45, 2.75) is 27.2 Å². The molecule has 0 fully saturated rings. The molecule has 0 spiro atoms. The number of anilines is 2. The lowest BCUT2D eigenvalue weighted by atomic mass is 10.1. The minimum Gasteiger partial charge on any atom is -0.493 e. The Morgan fingerprint density at radius 3 is 2.23 bits per heavy atom. The summed E-state index contributed by atoms with van der Waals surface area (Å²) in [5, 5.41) is 8.21. The second kappa shape index (κ2) is 9.46. The molecule has 138 valence electrons. The van der Waals surface area contributed by atoms with E-state index >= 15 is 0 Å². The molecule has 2 aromatic carbocycles. The summed E-state index contributed by atoms with van der Waals surface area (Å²) in [5.74, 6) is 0.752. The lowest BCUT2D eigenvalue weighted by Gasteiger charge is -2.12. The van der Waals surface area contributed by atoms with Gasteiger partial charge < -0.3 is 20.7 Å². The zero-order chi connectivity index (χ0) is 18.9. The van der Waals surface area contributed by atoms with Crippen LogP contribution in [0.15, 0.2) is 42.5 Å². The van der Waals surface area contributed by atoms with Gasteiger partial charge in [-0.05, 0) is 49.6 Å². The number of urea groups is 1. The summed E-state index contributed by atoms with van der Waals surface area (Å²) in [7, 11) is 0. The number of hydrogen-bond donors (Lipinski definition) is 3. The van der Waals surface area contributed by atoms with Gasteiger partial charge in [-0.15, -0.1) is 0 Å². The van der Waals surface area contributed by atoms with Crippen LogP contribution >= 0.6 is 0 Å². The van der Waals surface area contributed by atoms with E-state index in [-0.39, 0.29) is 11.9 Å². The third kappa shape index (κ3) is 6.12. The van der Waals surface area contributed by atoms with Crippen LogP contribution in [0.4, 0.5) is 16.2 Å². The van der Waals surface area contributed by atoms with Gasteiger partial charge in [-0.3, -0.25) is 4.79 Å². The summed E-state index contributed by atoms with van der Waals surface area (Å²) < 4.78 is 5.81. The smallest absolute Gasteiger partial charge is 0.319 e. The summed E-state index contributed by atoms with van der Waals surface area (Å²) in [6.45, 7) is 6.51. The van der Waals surface area contributed by atoms with Gasteiger partial charge >= 0.3 is 6.03 Å². The number of ether oxygens (including phenoxy) is 1. The second-order valence-corrected chi connectivity index (χ2v) is 6.07. The summed E-state index contributed by atoms with van der Waals surface area (Å²) in [5.41, 5.74) is 3.46. The number of rotatable bonds is 7. The van der Waals surface area contributed by atoms with Gasteiger partial charge in [0.15, 0.2) is 0 Å². The molecule has 0 unspecified atom stereocenters. The molecule has 3 N–H and O–H groups in total. The summed E-state index contributed by atoms with van der Waals surface area (Å²) >= 11 is 0. The topological polar surface area (TPSA) is 79.5 Å². The number of benzene rings is 2. The fourth-order valence-electron chi connectivity index (χ4n) is 2.53. The summed E-state index contributed by atoms with van der Waals surface area (Å²) in [4.78, 5) is 23.0. The number of hydrogen-bond acceptors (Lipinski definition) is 3. The average molecular weight is 355 g/mol. The molecule has 0 aliphatic carbocycles. The molecule has 0 aliphatic rings. The quantitative estimate of drug-likeness (QED) is 0.660. The minimum absolute atomic E-state index is 0.157. The molecule has 0 heterocycles. The fourth-order valence-corrected chi connectivity index (χ4v) is 2.53. The molecule has 0 bridgehead atoms. The molecular formula is C20H25N3O3. The van der Waals surface area contributed by atoms with E-state index in [0.717, 1.165) is 16.9 Å². The first-order valence-corrected chi connectivity index (χ1v) is 8.57. The Bertz CT molecular complexity index is 754. The van der Waals surface area contributed by atoms with Crippen molar-refractivity contribution in [3.8, 4) is 5.75 Å². The van der Waals surface area contributed by atoms with Crippen molar-refractivity contribution in [3.63, 3.8) is 0 Å². The van der Waals surface area contributed by atoms with Crippen LogP contribution in [-0.2, 0) is 4.79 Å². The Hall–Kier alpha value is -3.02. The van der Waals surface area contributed by atoms with Gasteiger partial charge in [0.05, 0.1) is 6.61 Å². The van der Waals surface area contributed by atoms with Crippen LogP contribution in [0.5, 0.6) is 5.75 Å². The van der Waals surface area contributed by atoms with Gasteiger partial charge in [0, 0.05) is 24.8 Å². The number of para-hydroxylation sites is 1. The van der Waals surface area contributed by atoms with Crippen LogP contribution in [0.25, 0.3) is 0 Å². The maximum absolute atomic E-state index is 11.9. The number of amides is 3. The maximum Gasteiger partial charge on any atom is 0.319 e. The Morgan fingerprint density at radius 2 is 1.58 bits per heavy atom. The van der Waals surface area contributed by atoms with Crippen molar-refractivity contribution in [2.24, 2.45) is 0 Å². The number of nitrogens with one attached hydrogen (secondary N) is 3. The molecule has 26 heavy (non-hydrogen) atoms. The third-order valence-corrected chi connectivity index (χ3v) is 3.70. The zero-order valence-electron chi connectivity index (χ0n) is 15.4. The molecule has 3 amide bonds. The highest BCUT2D eigenvalue weighted by molar-refractivity contribution is 5.92. The van der Waals surface area contributed by atoms with E-state index in [4.69, 9.17) is 4.74 Å². The van der Waals surface area contributed by atoms with Gasteiger partial charge in [-0.25, -0.2) is 4.79 Å². The second-order valence-electron chi connectivity index (χ2n) is 6.07. The monoisotopic (exact) mass is 355 g/mol. The molecule has 0 aliphatic heterocycles. The van der Waals surface area contributed by atoms with E-state index < -0.39 is 0 Å². The first-order chi connectivity index (χ1) is 12.5. The fraction of sp³-hybridized carbons (Fsp3) is 0.300. The SMILES string of the molecule is CC(=O)Nc1cccc(NC(=O)NCCCOc2c(C)cccc2C)c1. The van der Waals surface area contributed by atoms with E-state index in [1.165, 1.54) is 6.92 Å². The first kappa shape index (κ1) is 19.3. The van der Waals surface area contributed by atoms with E-state index in [2.05, 4.69) is 16.0 Å². The van der Waals surface area contributed by atoms with Crippen molar-refractivity contribution in [1.82, 2.24) is 5.32 Å². The Kier molecular flexibility index (Phi) is 7.02. The van der Waals surface area contributed by atoms with Gasteiger partial charge in [0.1, 0.15) is 5.75 Å². The van der Waals surface area contributed by atoms with Gasteiger partial charge in [-0.2, -0.15) is 0 Å². The molecule has 0 atom stereocenters. The van der Waals surface area contributed by atoms with Gasteiger partial charge in [0.2, 0.25) is 5.91 Å². The predicted molar refractivity (Wildman–Crippen MR) is 104 cm³/mol. The highest BCUT2D eigenvalue weighted by atomic mass is 16.5. The molecule has 0 aromatic heterocycles. The molecule has 6 heteroatoms. The van der Waals surface area contributed by atoms with Crippen molar-refractivity contribution in [1.29, 1.82) is 0 Å². The normalized spacial score (nSPS) is 10.1. The Balaban J connectivity index is 1.71. The van der Waals surface area contributed by atoms with Crippen LogP contribution in [0, 0.1) is 13.8 Å². The Labute approximate surface area is 153 Å². The highest BCUT2D eigenvalue weighted by Gasteiger charge is 2.05. The zero-order valence-corrected chi connectivity index (χ0v) is 15.4. The van der Waals surface area contributed by atoms with E-state index in [1.807, 2.05) is 32.0 Å². The van der Waals surface area contributed by atoms with Gasteiger partial charge in [0.25, 0.3) is 0 Å².